The average molecular weight is 240 g/mol. The zero-order valence-electron chi connectivity index (χ0n) is 10.1. The number of benzene rings is 1. The fraction of sp³-hybridized carbons (Fsp3) is 0.154. The van der Waals surface area contributed by atoms with E-state index in [1.807, 2.05) is 38.1 Å². The van der Waals surface area contributed by atoms with Crippen LogP contribution in [0.1, 0.15) is 11.4 Å². The summed E-state index contributed by atoms with van der Waals surface area (Å²) >= 11 is 0. The highest BCUT2D eigenvalue weighted by Gasteiger charge is 2.11. The Bertz CT molecular complexity index is 666. The van der Waals surface area contributed by atoms with Crippen LogP contribution >= 0.6 is 0 Å². The third-order valence-electron chi connectivity index (χ3n) is 2.67. The van der Waals surface area contributed by atoms with Gasteiger partial charge in [0.1, 0.15) is 11.5 Å². The van der Waals surface area contributed by atoms with Gasteiger partial charge in [0.2, 0.25) is 5.82 Å². The van der Waals surface area contributed by atoms with Crippen LogP contribution in [0.4, 0.5) is 0 Å². The number of rotatable bonds is 2. The van der Waals surface area contributed by atoms with Gasteiger partial charge >= 0.3 is 0 Å². The van der Waals surface area contributed by atoms with E-state index in [1.165, 1.54) is 5.56 Å². The number of nitrogens with zero attached hydrogens (tertiary/aromatic N) is 3. The lowest BCUT2D eigenvalue weighted by molar-refractivity contribution is 0.431. The van der Waals surface area contributed by atoms with Gasteiger partial charge in [-0.25, -0.2) is 4.98 Å². The number of aromatic amines is 1. The molecular formula is C13H12N4O. The van der Waals surface area contributed by atoms with E-state index in [1.54, 1.807) is 6.20 Å². The third-order valence-corrected chi connectivity index (χ3v) is 2.67. The maximum atomic E-state index is 5.22. The topological polar surface area (TPSA) is 67.6 Å². The molecule has 1 N–H and O–H groups in total. The highest BCUT2D eigenvalue weighted by Crippen LogP contribution is 2.21. The molecule has 0 fully saturated rings. The highest BCUT2D eigenvalue weighted by atomic mass is 16.5. The molecule has 5 nitrogen and oxygen atoms in total. The summed E-state index contributed by atoms with van der Waals surface area (Å²) in [6.07, 6.45) is 1.68. The summed E-state index contributed by atoms with van der Waals surface area (Å²) in [5.41, 5.74) is 2.87. The molecule has 0 radical (unpaired) electrons. The van der Waals surface area contributed by atoms with E-state index < -0.39 is 0 Å². The fourth-order valence-electron chi connectivity index (χ4n) is 1.68. The fourth-order valence-corrected chi connectivity index (χ4v) is 1.68. The van der Waals surface area contributed by atoms with Crippen molar-refractivity contribution in [2.45, 2.75) is 13.8 Å². The number of H-pyrrole nitrogens is 1. The molecule has 18 heavy (non-hydrogen) atoms. The standard InChI is InChI=1S/C13H12N4O/c1-8-3-5-10(6-4-8)12-16-13(18-17-12)11-7-14-9(2)15-11/h3-7H,1-2H3,(H,14,15). The molecule has 0 aliphatic carbocycles. The Labute approximate surface area is 104 Å². The molecule has 0 saturated carbocycles. The molecular weight excluding hydrogens is 228 g/mol. The quantitative estimate of drug-likeness (QED) is 0.747. The second kappa shape index (κ2) is 4.10. The molecule has 0 aliphatic rings. The van der Waals surface area contributed by atoms with Crippen LogP contribution in [0, 0.1) is 13.8 Å². The molecule has 0 spiro atoms. The Kier molecular flexibility index (Phi) is 2.44. The Hall–Kier alpha value is -2.43. The van der Waals surface area contributed by atoms with Crippen molar-refractivity contribution in [3.8, 4) is 23.0 Å². The molecule has 2 heterocycles. The SMILES string of the molecule is Cc1ccc(-c2noc(-c3cnc(C)[nH]3)n2)cc1. The Morgan fingerprint density at radius 1 is 1.11 bits per heavy atom. The van der Waals surface area contributed by atoms with Crippen molar-refractivity contribution < 1.29 is 4.52 Å². The number of aromatic nitrogens is 4. The monoisotopic (exact) mass is 240 g/mol. The summed E-state index contributed by atoms with van der Waals surface area (Å²) in [6, 6.07) is 7.99. The van der Waals surface area contributed by atoms with Gasteiger partial charge in [-0.05, 0) is 13.8 Å². The molecule has 5 heteroatoms. The van der Waals surface area contributed by atoms with Gasteiger partial charge in [0.15, 0.2) is 0 Å². The number of hydrogen-bond donors (Lipinski definition) is 1. The van der Waals surface area contributed by atoms with Crippen molar-refractivity contribution >= 4 is 0 Å². The zero-order chi connectivity index (χ0) is 12.5. The summed E-state index contributed by atoms with van der Waals surface area (Å²) in [5, 5.41) is 3.97. The maximum Gasteiger partial charge on any atom is 0.276 e. The smallest absolute Gasteiger partial charge is 0.276 e. The van der Waals surface area contributed by atoms with Gasteiger partial charge < -0.3 is 9.51 Å². The minimum absolute atomic E-state index is 0.450. The van der Waals surface area contributed by atoms with Gasteiger partial charge in [-0.3, -0.25) is 0 Å². The van der Waals surface area contributed by atoms with Crippen LogP contribution in [0.2, 0.25) is 0 Å². The third kappa shape index (κ3) is 1.90. The Balaban J connectivity index is 1.96. The van der Waals surface area contributed by atoms with E-state index in [2.05, 4.69) is 20.1 Å². The van der Waals surface area contributed by atoms with E-state index in [0.29, 0.717) is 11.7 Å². The molecule has 0 amide bonds. The van der Waals surface area contributed by atoms with Gasteiger partial charge in [-0.1, -0.05) is 35.0 Å². The molecule has 3 rings (SSSR count). The first-order chi connectivity index (χ1) is 8.72. The lowest BCUT2D eigenvalue weighted by Crippen LogP contribution is -1.82. The molecule has 1 aromatic carbocycles. The van der Waals surface area contributed by atoms with Gasteiger partial charge in [0.05, 0.1) is 6.20 Å². The summed E-state index contributed by atoms with van der Waals surface area (Å²) in [4.78, 5) is 11.5. The second-order valence-corrected chi connectivity index (χ2v) is 4.17. The van der Waals surface area contributed by atoms with Crippen molar-refractivity contribution in [2.75, 3.05) is 0 Å². The summed E-state index contributed by atoms with van der Waals surface area (Å²) in [7, 11) is 0. The maximum absolute atomic E-state index is 5.22. The van der Waals surface area contributed by atoms with E-state index in [-0.39, 0.29) is 0 Å². The first-order valence-corrected chi connectivity index (χ1v) is 5.65. The minimum Gasteiger partial charge on any atom is -0.338 e. The Morgan fingerprint density at radius 2 is 1.89 bits per heavy atom. The normalized spacial score (nSPS) is 10.8. The van der Waals surface area contributed by atoms with Crippen molar-refractivity contribution in [3.63, 3.8) is 0 Å². The molecule has 0 atom stereocenters. The average Bonchev–Trinajstić information content (AvgIpc) is 2.98. The van der Waals surface area contributed by atoms with Crippen LogP contribution in [0.5, 0.6) is 0 Å². The largest absolute Gasteiger partial charge is 0.338 e. The highest BCUT2D eigenvalue weighted by molar-refractivity contribution is 5.57. The Morgan fingerprint density at radius 3 is 2.56 bits per heavy atom. The lowest BCUT2D eigenvalue weighted by atomic mass is 10.1. The van der Waals surface area contributed by atoms with E-state index in [0.717, 1.165) is 17.1 Å². The van der Waals surface area contributed by atoms with E-state index in [4.69, 9.17) is 4.52 Å². The van der Waals surface area contributed by atoms with Crippen molar-refractivity contribution in [3.05, 3.63) is 41.9 Å². The summed E-state index contributed by atoms with van der Waals surface area (Å²) < 4.78 is 5.22. The van der Waals surface area contributed by atoms with Gasteiger partial charge in [-0.2, -0.15) is 4.98 Å². The number of hydrogen-bond acceptors (Lipinski definition) is 4. The summed E-state index contributed by atoms with van der Waals surface area (Å²) in [5.74, 6) is 1.85. The van der Waals surface area contributed by atoms with Crippen LogP contribution in [0.25, 0.3) is 23.0 Å². The first kappa shape index (κ1) is 10.7. The number of aryl methyl sites for hydroxylation is 2. The number of imidazole rings is 1. The molecule has 0 aliphatic heterocycles. The van der Waals surface area contributed by atoms with Crippen molar-refractivity contribution in [1.82, 2.24) is 20.1 Å². The molecule has 90 valence electrons. The van der Waals surface area contributed by atoms with Crippen molar-refractivity contribution in [1.29, 1.82) is 0 Å². The summed E-state index contributed by atoms with van der Waals surface area (Å²) in [6.45, 7) is 3.92. The molecule has 3 aromatic rings. The van der Waals surface area contributed by atoms with Crippen LogP contribution < -0.4 is 0 Å². The van der Waals surface area contributed by atoms with E-state index >= 15 is 0 Å². The van der Waals surface area contributed by atoms with Gasteiger partial charge in [0.25, 0.3) is 5.89 Å². The lowest BCUT2D eigenvalue weighted by Gasteiger charge is -1.94. The predicted octanol–water partition coefficient (Wildman–Crippen LogP) is 2.74. The first-order valence-electron chi connectivity index (χ1n) is 5.65. The number of nitrogens with one attached hydrogen (secondary N) is 1. The molecule has 0 bridgehead atoms. The van der Waals surface area contributed by atoms with Crippen LogP contribution in [-0.2, 0) is 0 Å². The van der Waals surface area contributed by atoms with Crippen LogP contribution in [0.3, 0.4) is 0 Å². The molecule has 0 unspecified atom stereocenters. The molecule has 0 saturated heterocycles. The van der Waals surface area contributed by atoms with Crippen molar-refractivity contribution in [2.24, 2.45) is 0 Å². The predicted molar refractivity (Wildman–Crippen MR) is 66.8 cm³/mol. The zero-order valence-corrected chi connectivity index (χ0v) is 10.1. The van der Waals surface area contributed by atoms with Crippen LogP contribution in [0.15, 0.2) is 35.0 Å². The van der Waals surface area contributed by atoms with Gasteiger partial charge in [0, 0.05) is 5.56 Å². The van der Waals surface area contributed by atoms with Crippen LogP contribution in [-0.4, -0.2) is 20.1 Å². The van der Waals surface area contributed by atoms with E-state index in [9.17, 15) is 0 Å². The second-order valence-electron chi connectivity index (χ2n) is 4.17. The van der Waals surface area contributed by atoms with Gasteiger partial charge in [-0.15, -0.1) is 0 Å². The molecule has 2 aromatic heterocycles. The minimum atomic E-state index is 0.450.